The molecule has 1 aliphatic rings. The molecule has 0 spiro atoms. The molecule has 0 unspecified atom stereocenters. The number of benzene rings is 1. The second-order valence-electron chi connectivity index (χ2n) is 6.67. The minimum absolute atomic E-state index is 0.300. The van der Waals surface area contributed by atoms with Gasteiger partial charge in [0.05, 0.1) is 10.7 Å². The summed E-state index contributed by atoms with van der Waals surface area (Å²) in [6.07, 6.45) is 3.46. The molecular weight excluding hydrogens is 378 g/mol. The zero-order valence-electron chi connectivity index (χ0n) is 14.9. The summed E-state index contributed by atoms with van der Waals surface area (Å²) in [5.74, 6) is 1.91. The van der Waals surface area contributed by atoms with E-state index in [4.69, 9.17) is 10.7 Å². The number of nitrogens with two attached hydrogens (primary N) is 1. The minimum atomic E-state index is -0.300. The molecule has 2 N–H and O–H groups in total. The van der Waals surface area contributed by atoms with E-state index >= 15 is 0 Å². The van der Waals surface area contributed by atoms with Gasteiger partial charge < -0.3 is 10.3 Å². The van der Waals surface area contributed by atoms with E-state index in [0.717, 1.165) is 46.7 Å². The van der Waals surface area contributed by atoms with Crippen LogP contribution in [0.2, 0.25) is 0 Å². The number of aromatic nitrogens is 4. The molecule has 6 nitrogen and oxygen atoms in total. The summed E-state index contributed by atoms with van der Waals surface area (Å²) in [7, 11) is 0. The lowest BCUT2D eigenvalue weighted by molar-refractivity contribution is -0.118. The van der Waals surface area contributed by atoms with E-state index in [1.54, 1.807) is 23.1 Å². The molecule has 0 saturated heterocycles. The highest BCUT2D eigenvalue weighted by atomic mass is 32.2. The van der Waals surface area contributed by atoms with Crippen LogP contribution in [-0.2, 0) is 23.5 Å². The molecule has 4 rings (SSSR count). The maximum absolute atomic E-state index is 11.2. The number of hydrogen-bond donors (Lipinski definition) is 1. The van der Waals surface area contributed by atoms with E-state index in [0.29, 0.717) is 18.9 Å². The van der Waals surface area contributed by atoms with Gasteiger partial charge in [0.15, 0.2) is 5.16 Å². The van der Waals surface area contributed by atoms with Crippen molar-refractivity contribution < 1.29 is 4.79 Å². The molecule has 0 aliphatic heterocycles. The Bertz CT molecular complexity index is 917. The van der Waals surface area contributed by atoms with E-state index in [1.807, 2.05) is 6.07 Å². The van der Waals surface area contributed by atoms with Crippen molar-refractivity contribution in [2.75, 3.05) is 0 Å². The Morgan fingerprint density at radius 2 is 2.07 bits per heavy atom. The normalized spacial score (nSPS) is 13.8. The number of thiazole rings is 1. The lowest BCUT2D eigenvalue weighted by atomic mass is 10.2. The Kier molecular flexibility index (Phi) is 5.54. The molecule has 1 amide bonds. The lowest BCUT2D eigenvalue weighted by Crippen LogP contribution is -2.15. The van der Waals surface area contributed by atoms with Crippen molar-refractivity contribution in [1.82, 2.24) is 19.7 Å². The average Bonchev–Trinajstić information content (AvgIpc) is 3.28. The number of amides is 1. The van der Waals surface area contributed by atoms with Crippen molar-refractivity contribution in [1.29, 1.82) is 0 Å². The number of carbonyl (C=O) groups excluding carboxylic acids is 1. The van der Waals surface area contributed by atoms with Gasteiger partial charge in [-0.1, -0.05) is 42.1 Å². The first-order chi connectivity index (χ1) is 13.2. The second-order valence-corrected chi connectivity index (χ2v) is 8.55. The smallest absolute Gasteiger partial charge is 0.219 e. The molecule has 0 bridgehead atoms. The molecule has 2 heterocycles. The summed E-state index contributed by atoms with van der Waals surface area (Å²) in [5.41, 5.74) is 7.64. The lowest BCUT2D eigenvalue weighted by Gasteiger charge is -2.08. The third-order valence-electron chi connectivity index (χ3n) is 4.42. The SMILES string of the molecule is NC(=O)CCn1c(SCc2csc(Cc3ccccc3)n2)nnc1C1CC1. The van der Waals surface area contributed by atoms with Crippen LogP contribution in [0.4, 0.5) is 0 Å². The van der Waals surface area contributed by atoms with E-state index in [1.165, 1.54) is 5.56 Å². The number of carbonyl (C=O) groups is 1. The quantitative estimate of drug-likeness (QED) is 0.558. The van der Waals surface area contributed by atoms with Gasteiger partial charge in [0.2, 0.25) is 5.91 Å². The highest BCUT2D eigenvalue weighted by Gasteiger charge is 2.30. The van der Waals surface area contributed by atoms with Gasteiger partial charge in [0.1, 0.15) is 5.82 Å². The fraction of sp³-hybridized carbons (Fsp3) is 0.368. The molecule has 2 aromatic heterocycles. The molecule has 1 aromatic carbocycles. The Hall–Kier alpha value is -2.19. The first kappa shape index (κ1) is 18.2. The van der Waals surface area contributed by atoms with Crippen LogP contribution >= 0.6 is 23.1 Å². The van der Waals surface area contributed by atoms with Gasteiger partial charge in [-0.2, -0.15) is 0 Å². The van der Waals surface area contributed by atoms with Crippen LogP contribution in [0, 0.1) is 0 Å². The van der Waals surface area contributed by atoms with Gasteiger partial charge in [-0.05, 0) is 18.4 Å². The molecule has 8 heteroatoms. The van der Waals surface area contributed by atoms with Crippen molar-refractivity contribution in [2.45, 2.75) is 49.1 Å². The first-order valence-corrected chi connectivity index (χ1v) is 10.9. The summed E-state index contributed by atoms with van der Waals surface area (Å²) in [6, 6.07) is 10.4. The van der Waals surface area contributed by atoms with Gasteiger partial charge in [-0.15, -0.1) is 21.5 Å². The second kappa shape index (κ2) is 8.22. The molecule has 0 atom stereocenters. The Labute approximate surface area is 166 Å². The maximum atomic E-state index is 11.2. The standard InChI is InChI=1S/C19H21N5OS2/c20-16(25)8-9-24-18(14-6-7-14)22-23-19(24)27-12-15-11-26-17(21-15)10-13-4-2-1-3-5-13/h1-5,11,14H,6-10,12H2,(H2,20,25). The zero-order valence-corrected chi connectivity index (χ0v) is 16.5. The molecule has 1 saturated carbocycles. The third kappa shape index (κ3) is 4.75. The van der Waals surface area contributed by atoms with Gasteiger partial charge in [-0.3, -0.25) is 4.79 Å². The number of primary amides is 1. The van der Waals surface area contributed by atoms with Gasteiger partial charge >= 0.3 is 0 Å². The van der Waals surface area contributed by atoms with E-state index in [-0.39, 0.29) is 5.91 Å². The average molecular weight is 400 g/mol. The largest absolute Gasteiger partial charge is 0.370 e. The fourth-order valence-corrected chi connectivity index (χ4v) is 4.69. The van der Waals surface area contributed by atoms with Crippen LogP contribution in [-0.4, -0.2) is 25.7 Å². The van der Waals surface area contributed by atoms with Gasteiger partial charge in [-0.25, -0.2) is 4.98 Å². The summed E-state index contributed by atoms with van der Waals surface area (Å²) >= 11 is 3.31. The van der Waals surface area contributed by atoms with Crippen molar-refractivity contribution in [3.05, 3.63) is 57.8 Å². The van der Waals surface area contributed by atoms with Crippen LogP contribution in [0.3, 0.4) is 0 Å². The molecular formula is C19H21N5OS2. The van der Waals surface area contributed by atoms with E-state index in [2.05, 4.69) is 44.4 Å². The van der Waals surface area contributed by atoms with Crippen molar-refractivity contribution >= 4 is 29.0 Å². The number of rotatable bonds is 9. The molecule has 0 radical (unpaired) electrons. The van der Waals surface area contributed by atoms with Gasteiger partial charge in [0.25, 0.3) is 0 Å². The Morgan fingerprint density at radius 3 is 2.81 bits per heavy atom. The van der Waals surface area contributed by atoms with Crippen LogP contribution in [0.5, 0.6) is 0 Å². The van der Waals surface area contributed by atoms with Gasteiger partial charge in [0, 0.05) is 36.4 Å². The maximum Gasteiger partial charge on any atom is 0.219 e. The number of thioether (sulfide) groups is 1. The predicted molar refractivity (Wildman–Crippen MR) is 107 cm³/mol. The summed E-state index contributed by atoms with van der Waals surface area (Å²) in [5, 5.41) is 12.8. The summed E-state index contributed by atoms with van der Waals surface area (Å²) < 4.78 is 2.06. The highest BCUT2D eigenvalue weighted by Crippen LogP contribution is 2.40. The highest BCUT2D eigenvalue weighted by molar-refractivity contribution is 7.98. The van der Waals surface area contributed by atoms with Crippen molar-refractivity contribution in [2.24, 2.45) is 5.73 Å². The summed E-state index contributed by atoms with van der Waals surface area (Å²) in [4.78, 5) is 15.9. The number of hydrogen-bond acceptors (Lipinski definition) is 6. The van der Waals surface area contributed by atoms with Crippen molar-refractivity contribution in [3.8, 4) is 0 Å². The van der Waals surface area contributed by atoms with Crippen LogP contribution in [0.15, 0.2) is 40.9 Å². The van der Waals surface area contributed by atoms with Crippen LogP contribution < -0.4 is 5.73 Å². The van der Waals surface area contributed by atoms with Crippen LogP contribution in [0.25, 0.3) is 0 Å². The molecule has 3 aromatic rings. The minimum Gasteiger partial charge on any atom is -0.370 e. The van der Waals surface area contributed by atoms with Crippen molar-refractivity contribution in [3.63, 3.8) is 0 Å². The zero-order chi connectivity index (χ0) is 18.6. The Morgan fingerprint density at radius 1 is 1.26 bits per heavy atom. The molecule has 27 heavy (non-hydrogen) atoms. The molecule has 140 valence electrons. The van der Waals surface area contributed by atoms with E-state index < -0.39 is 0 Å². The monoisotopic (exact) mass is 399 g/mol. The molecule has 1 aliphatic carbocycles. The third-order valence-corrected chi connectivity index (χ3v) is 6.31. The Balaban J connectivity index is 1.40. The van der Waals surface area contributed by atoms with Crippen LogP contribution in [0.1, 0.15) is 47.3 Å². The first-order valence-electron chi connectivity index (χ1n) is 9.00. The summed E-state index contributed by atoms with van der Waals surface area (Å²) in [6.45, 7) is 0.548. The molecule has 1 fully saturated rings. The fourth-order valence-electron chi connectivity index (χ4n) is 2.89. The predicted octanol–water partition coefficient (Wildman–Crippen LogP) is 3.37. The topological polar surface area (TPSA) is 86.7 Å². The van der Waals surface area contributed by atoms with E-state index in [9.17, 15) is 4.79 Å². The number of nitrogens with zero attached hydrogens (tertiary/aromatic N) is 4.